The maximum Gasteiger partial charge on any atom is 0.192 e. The molecule has 0 bridgehead atoms. The largest absolute Gasteiger partial charge is 0.376 e. The first-order valence-corrected chi connectivity index (χ1v) is 7.98. The lowest BCUT2D eigenvalue weighted by atomic mass is 10.2. The molecule has 0 amide bonds. The summed E-state index contributed by atoms with van der Waals surface area (Å²) in [7, 11) is 0. The maximum absolute atomic E-state index is 5.60. The standard InChI is InChI=1S/C15H23N3OS/c1-3-8-16-15(17-11-13-6-4-9-19-13)18-12(2)14-7-5-10-20-14/h3,5,7,10,12-13H,1,4,6,8-9,11H2,2H3,(H2,16,17,18)/t12-,13-/m0/s1. The Kier molecular flexibility index (Phi) is 6.08. The van der Waals surface area contributed by atoms with Gasteiger partial charge < -0.3 is 15.4 Å². The van der Waals surface area contributed by atoms with Gasteiger partial charge in [0.05, 0.1) is 18.7 Å². The van der Waals surface area contributed by atoms with Gasteiger partial charge in [0, 0.05) is 18.0 Å². The van der Waals surface area contributed by atoms with Crippen LogP contribution in [0.1, 0.15) is 30.7 Å². The number of rotatable bonds is 6. The first-order valence-electron chi connectivity index (χ1n) is 7.10. The highest BCUT2D eigenvalue weighted by Gasteiger charge is 2.15. The van der Waals surface area contributed by atoms with Crippen molar-refractivity contribution in [1.29, 1.82) is 0 Å². The Labute approximate surface area is 124 Å². The molecule has 0 unspecified atom stereocenters. The topological polar surface area (TPSA) is 45.7 Å². The van der Waals surface area contributed by atoms with Crippen molar-refractivity contribution in [2.24, 2.45) is 4.99 Å². The predicted molar refractivity (Wildman–Crippen MR) is 85.3 cm³/mol. The summed E-state index contributed by atoms with van der Waals surface area (Å²) in [6, 6.07) is 4.45. The molecule has 2 heterocycles. The van der Waals surface area contributed by atoms with E-state index in [2.05, 4.69) is 46.6 Å². The van der Waals surface area contributed by atoms with Crippen molar-refractivity contribution in [3.05, 3.63) is 35.0 Å². The summed E-state index contributed by atoms with van der Waals surface area (Å²) in [4.78, 5) is 5.92. The second kappa shape index (κ2) is 8.07. The zero-order chi connectivity index (χ0) is 14.2. The monoisotopic (exact) mass is 293 g/mol. The molecule has 1 aromatic heterocycles. The van der Waals surface area contributed by atoms with Crippen molar-refractivity contribution in [2.75, 3.05) is 19.7 Å². The quantitative estimate of drug-likeness (QED) is 0.481. The van der Waals surface area contributed by atoms with E-state index in [0.717, 1.165) is 25.4 Å². The molecule has 0 spiro atoms. The summed E-state index contributed by atoms with van der Waals surface area (Å²) in [5.74, 6) is 0.821. The summed E-state index contributed by atoms with van der Waals surface area (Å²) in [6.07, 6.45) is 4.36. The highest BCUT2D eigenvalue weighted by atomic mass is 32.1. The molecule has 0 saturated carbocycles. The lowest BCUT2D eigenvalue weighted by Gasteiger charge is -2.17. The number of guanidine groups is 1. The summed E-state index contributed by atoms with van der Waals surface area (Å²) in [5, 5.41) is 8.77. The van der Waals surface area contributed by atoms with E-state index >= 15 is 0 Å². The molecular formula is C15H23N3OS. The fourth-order valence-electron chi connectivity index (χ4n) is 2.12. The molecule has 4 nitrogen and oxygen atoms in total. The van der Waals surface area contributed by atoms with E-state index in [9.17, 15) is 0 Å². The number of thiophene rings is 1. The summed E-state index contributed by atoms with van der Waals surface area (Å²) in [5.41, 5.74) is 0. The van der Waals surface area contributed by atoms with E-state index in [4.69, 9.17) is 4.74 Å². The summed E-state index contributed by atoms with van der Waals surface area (Å²) >= 11 is 1.75. The number of hydrogen-bond donors (Lipinski definition) is 2. The number of hydrogen-bond acceptors (Lipinski definition) is 3. The van der Waals surface area contributed by atoms with E-state index in [0.29, 0.717) is 13.1 Å². The Morgan fingerprint density at radius 3 is 3.25 bits per heavy atom. The SMILES string of the molecule is C=CCNC(=NC[C@@H]1CCCO1)N[C@@H](C)c1cccs1. The van der Waals surface area contributed by atoms with Crippen LogP contribution in [-0.2, 0) is 4.74 Å². The molecule has 5 heteroatoms. The maximum atomic E-state index is 5.60. The van der Waals surface area contributed by atoms with Gasteiger partial charge >= 0.3 is 0 Å². The van der Waals surface area contributed by atoms with Crippen molar-refractivity contribution in [3.8, 4) is 0 Å². The van der Waals surface area contributed by atoms with Crippen LogP contribution in [0.2, 0.25) is 0 Å². The fraction of sp³-hybridized carbons (Fsp3) is 0.533. The Hall–Kier alpha value is -1.33. The van der Waals surface area contributed by atoms with Crippen LogP contribution in [0.25, 0.3) is 0 Å². The molecule has 2 N–H and O–H groups in total. The van der Waals surface area contributed by atoms with Crippen molar-refractivity contribution in [1.82, 2.24) is 10.6 Å². The van der Waals surface area contributed by atoms with Crippen LogP contribution < -0.4 is 10.6 Å². The van der Waals surface area contributed by atoms with Gasteiger partial charge in [-0.1, -0.05) is 12.1 Å². The zero-order valence-electron chi connectivity index (χ0n) is 12.0. The van der Waals surface area contributed by atoms with Gasteiger partial charge in [0.1, 0.15) is 0 Å². The van der Waals surface area contributed by atoms with Gasteiger partial charge in [-0.3, -0.25) is 4.99 Å². The third-order valence-corrected chi connectivity index (χ3v) is 4.27. The molecule has 0 aliphatic carbocycles. The summed E-state index contributed by atoms with van der Waals surface area (Å²) in [6.45, 7) is 8.16. The van der Waals surface area contributed by atoms with Gasteiger partial charge in [0.2, 0.25) is 0 Å². The van der Waals surface area contributed by atoms with Crippen LogP contribution in [0.3, 0.4) is 0 Å². The minimum Gasteiger partial charge on any atom is -0.376 e. The highest BCUT2D eigenvalue weighted by molar-refractivity contribution is 7.10. The van der Waals surface area contributed by atoms with Crippen molar-refractivity contribution in [3.63, 3.8) is 0 Å². The van der Waals surface area contributed by atoms with E-state index in [1.807, 2.05) is 6.08 Å². The molecule has 2 atom stereocenters. The van der Waals surface area contributed by atoms with Gasteiger partial charge in [-0.2, -0.15) is 0 Å². The smallest absolute Gasteiger partial charge is 0.192 e. The van der Waals surface area contributed by atoms with Crippen LogP contribution in [0.4, 0.5) is 0 Å². The molecule has 1 saturated heterocycles. The number of nitrogens with zero attached hydrogens (tertiary/aromatic N) is 1. The Morgan fingerprint density at radius 1 is 1.70 bits per heavy atom. The van der Waals surface area contributed by atoms with Crippen molar-refractivity contribution in [2.45, 2.75) is 31.9 Å². The van der Waals surface area contributed by atoms with Crippen LogP contribution in [0, 0.1) is 0 Å². The molecule has 2 rings (SSSR count). The van der Waals surface area contributed by atoms with Gasteiger partial charge in [0.15, 0.2) is 5.96 Å². The molecule has 1 aromatic rings. The van der Waals surface area contributed by atoms with E-state index in [1.54, 1.807) is 11.3 Å². The normalized spacial score (nSPS) is 20.6. The number of nitrogens with one attached hydrogen (secondary N) is 2. The van der Waals surface area contributed by atoms with Crippen LogP contribution in [-0.4, -0.2) is 31.8 Å². The molecule has 20 heavy (non-hydrogen) atoms. The molecule has 1 fully saturated rings. The molecular weight excluding hydrogens is 270 g/mol. The van der Waals surface area contributed by atoms with Crippen LogP contribution in [0.15, 0.2) is 35.2 Å². The van der Waals surface area contributed by atoms with Crippen molar-refractivity contribution < 1.29 is 4.74 Å². The lowest BCUT2D eigenvalue weighted by Crippen LogP contribution is -2.39. The number of aliphatic imine (C=N–C) groups is 1. The van der Waals surface area contributed by atoms with Crippen LogP contribution in [0.5, 0.6) is 0 Å². The van der Waals surface area contributed by atoms with E-state index in [1.165, 1.54) is 4.88 Å². The van der Waals surface area contributed by atoms with E-state index < -0.39 is 0 Å². The molecule has 0 aromatic carbocycles. The van der Waals surface area contributed by atoms with Gasteiger partial charge in [0.25, 0.3) is 0 Å². The minimum absolute atomic E-state index is 0.246. The average Bonchev–Trinajstić information content (AvgIpc) is 3.13. The first kappa shape index (κ1) is 15.1. The second-order valence-corrected chi connectivity index (χ2v) is 5.85. The van der Waals surface area contributed by atoms with Gasteiger partial charge in [-0.15, -0.1) is 17.9 Å². The Morgan fingerprint density at radius 2 is 2.60 bits per heavy atom. The summed E-state index contributed by atoms with van der Waals surface area (Å²) < 4.78 is 5.60. The van der Waals surface area contributed by atoms with Crippen molar-refractivity contribution >= 4 is 17.3 Å². The first-order chi connectivity index (χ1) is 9.79. The molecule has 0 radical (unpaired) electrons. The lowest BCUT2D eigenvalue weighted by molar-refractivity contribution is 0.117. The third kappa shape index (κ3) is 4.65. The number of ether oxygens (including phenoxy) is 1. The predicted octanol–water partition coefficient (Wildman–Crippen LogP) is 2.71. The minimum atomic E-state index is 0.246. The Bertz CT molecular complexity index is 424. The highest BCUT2D eigenvalue weighted by Crippen LogP contribution is 2.18. The van der Waals surface area contributed by atoms with E-state index in [-0.39, 0.29) is 12.1 Å². The van der Waals surface area contributed by atoms with Gasteiger partial charge in [-0.05, 0) is 31.2 Å². The second-order valence-electron chi connectivity index (χ2n) is 4.88. The van der Waals surface area contributed by atoms with Gasteiger partial charge in [-0.25, -0.2) is 0 Å². The fourth-order valence-corrected chi connectivity index (χ4v) is 2.85. The molecule has 1 aliphatic heterocycles. The average molecular weight is 293 g/mol. The molecule has 110 valence electrons. The third-order valence-electron chi connectivity index (χ3n) is 3.21. The van der Waals surface area contributed by atoms with Crippen LogP contribution >= 0.6 is 11.3 Å². The zero-order valence-corrected chi connectivity index (χ0v) is 12.8. The molecule has 1 aliphatic rings. The Balaban J connectivity index is 1.91.